The Balaban J connectivity index is 2.37. The molecule has 4 nitrogen and oxygen atoms in total. The topological polar surface area (TPSA) is 47.6 Å². The molecule has 0 fully saturated rings. The van der Waals surface area contributed by atoms with Crippen molar-refractivity contribution in [3.8, 4) is 5.75 Å². The van der Waals surface area contributed by atoms with Gasteiger partial charge in [-0.25, -0.2) is 0 Å². The maximum Gasteiger partial charge on any atom is 0.325 e. The number of aryl methyl sites for hydroxylation is 2. The molecule has 1 N–H and O–H groups in total. The van der Waals surface area contributed by atoms with Crippen LogP contribution in [0.5, 0.6) is 5.75 Å². The van der Waals surface area contributed by atoms with Gasteiger partial charge in [-0.3, -0.25) is 4.79 Å². The fourth-order valence-corrected chi connectivity index (χ4v) is 2.18. The average Bonchev–Trinajstić information content (AvgIpc) is 2.49. The van der Waals surface area contributed by atoms with E-state index < -0.39 is 5.54 Å². The molecule has 1 unspecified atom stereocenters. The van der Waals surface area contributed by atoms with Gasteiger partial charge in [0.25, 0.3) is 0 Å². The number of hydrogen-bond acceptors (Lipinski definition) is 4. The van der Waals surface area contributed by atoms with Crippen LogP contribution in [-0.4, -0.2) is 32.3 Å². The van der Waals surface area contributed by atoms with Crippen molar-refractivity contribution in [3.63, 3.8) is 0 Å². The number of nitrogens with one attached hydrogen (secondary N) is 1. The molecule has 0 spiro atoms. The van der Waals surface area contributed by atoms with E-state index in [2.05, 4.69) is 30.4 Å². The predicted molar refractivity (Wildman–Crippen MR) is 84.7 cm³/mol. The molecule has 1 aromatic carbocycles. The fraction of sp³-hybridized carbons (Fsp3) is 0.588. The number of esters is 1. The Kier molecular flexibility index (Phi) is 6.69. The molecule has 0 aliphatic rings. The van der Waals surface area contributed by atoms with Crippen molar-refractivity contribution in [2.24, 2.45) is 0 Å². The van der Waals surface area contributed by atoms with E-state index in [9.17, 15) is 4.79 Å². The van der Waals surface area contributed by atoms with Gasteiger partial charge in [0, 0.05) is 0 Å². The van der Waals surface area contributed by atoms with Gasteiger partial charge in [0.2, 0.25) is 0 Å². The summed E-state index contributed by atoms with van der Waals surface area (Å²) in [5.74, 6) is 0.722. The van der Waals surface area contributed by atoms with Gasteiger partial charge >= 0.3 is 5.97 Å². The molecule has 4 heteroatoms. The van der Waals surface area contributed by atoms with Gasteiger partial charge in [0.15, 0.2) is 0 Å². The number of rotatable bonds is 8. The molecule has 1 atom stereocenters. The van der Waals surface area contributed by atoms with Crippen LogP contribution in [0.4, 0.5) is 0 Å². The third-order valence-electron chi connectivity index (χ3n) is 3.86. The third kappa shape index (κ3) is 5.05. The Labute approximate surface area is 127 Å². The molecule has 0 aliphatic carbocycles. The summed E-state index contributed by atoms with van der Waals surface area (Å²) in [6.07, 6.45) is 2.53. The Morgan fingerprint density at radius 2 is 2.00 bits per heavy atom. The molecule has 21 heavy (non-hydrogen) atoms. The van der Waals surface area contributed by atoms with Crippen LogP contribution in [0, 0.1) is 13.8 Å². The summed E-state index contributed by atoms with van der Waals surface area (Å²) in [7, 11) is 3.20. The zero-order valence-corrected chi connectivity index (χ0v) is 13.8. The van der Waals surface area contributed by atoms with Gasteiger partial charge in [0.1, 0.15) is 11.3 Å². The minimum Gasteiger partial charge on any atom is -0.493 e. The second kappa shape index (κ2) is 8.03. The molecule has 0 saturated carbocycles. The number of hydrogen-bond donors (Lipinski definition) is 1. The lowest BCUT2D eigenvalue weighted by Gasteiger charge is -2.25. The highest BCUT2D eigenvalue weighted by Gasteiger charge is 2.31. The number of ether oxygens (including phenoxy) is 2. The van der Waals surface area contributed by atoms with E-state index in [0.717, 1.165) is 30.6 Å². The fourth-order valence-electron chi connectivity index (χ4n) is 2.18. The molecule has 0 bridgehead atoms. The standard InChI is InChI=1S/C17H27NO3/c1-13-8-9-14(2)15(12-13)21-11-7-6-10-17(3,18-4)16(19)20-5/h8-9,12,18H,6-7,10-11H2,1-5H3. The monoisotopic (exact) mass is 293 g/mol. The van der Waals surface area contributed by atoms with Crippen LogP contribution in [0.15, 0.2) is 18.2 Å². The van der Waals surface area contributed by atoms with Gasteiger partial charge in [-0.15, -0.1) is 0 Å². The molecular weight excluding hydrogens is 266 g/mol. The van der Waals surface area contributed by atoms with Crippen LogP contribution >= 0.6 is 0 Å². The molecule has 0 aliphatic heterocycles. The zero-order valence-electron chi connectivity index (χ0n) is 13.8. The number of carbonyl (C=O) groups is 1. The first kappa shape index (κ1) is 17.5. The van der Waals surface area contributed by atoms with Gasteiger partial charge in [-0.2, -0.15) is 0 Å². The summed E-state index contributed by atoms with van der Waals surface area (Å²) in [6, 6.07) is 6.21. The Morgan fingerprint density at radius 1 is 1.29 bits per heavy atom. The van der Waals surface area contributed by atoms with Gasteiger partial charge in [-0.05, 0) is 64.3 Å². The summed E-state index contributed by atoms with van der Waals surface area (Å²) in [4.78, 5) is 11.7. The maximum atomic E-state index is 11.7. The van der Waals surface area contributed by atoms with E-state index in [-0.39, 0.29) is 5.97 Å². The first-order valence-electron chi connectivity index (χ1n) is 7.40. The third-order valence-corrected chi connectivity index (χ3v) is 3.86. The molecule has 0 amide bonds. The molecule has 0 aromatic heterocycles. The lowest BCUT2D eigenvalue weighted by atomic mass is 9.95. The van der Waals surface area contributed by atoms with E-state index in [1.165, 1.54) is 12.7 Å². The first-order valence-corrected chi connectivity index (χ1v) is 7.40. The van der Waals surface area contributed by atoms with E-state index in [4.69, 9.17) is 9.47 Å². The Hall–Kier alpha value is -1.55. The lowest BCUT2D eigenvalue weighted by Crippen LogP contribution is -2.48. The molecule has 1 aromatic rings. The van der Waals surface area contributed by atoms with Crippen molar-refractivity contribution in [1.29, 1.82) is 0 Å². The van der Waals surface area contributed by atoms with Crippen LogP contribution in [-0.2, 0) is 9.53 Å². The normalized spacial score (nSPS) is 13.6. The molecule has 1 rings (SSSR count). The second-order valence-corrected chi connectivity index (χ2v) is 5.65. The lowest BCUT2D eigenvalue weighted by molar-refractivity contribution is -0.148. The molecule has 0 saturated heterocycles. The summed E-state index contributed by atoms with van der Waals surface area (Å²) in [6.45, 7) is 6.63. The van der Waals surface area contributed by atoms with Crippen LogP contribution in [0.2, 0.25) is 0 Å². The highest BCUT2D eigenvalue weighted by Crippen LogP contribution is 2.20. The maximum absolute atomic E-state index is 11.7. The highest BCUT2D eigenvalue weighted by molar-refractivity contribution is 5.80. The van der Waals surface area contributed by atoms with Gasteiger partial charge in [-0.1, -0.05) is 12.1 Å². The van der Waals surface area contributed by atoms with Gasteiger partial charge in [0.05, 0.1) is 13.7 Å². The summed E-state index contributed by atoms with van der Waals surface area (Å²) >= 11 is 0. The molecule has 118 valence electrons. The zero-order chi connectivity index (χ0) is 15.9. The minimum atomic E-state index is -0.617. The number of methoxy groups -OCH3 is 1. The van der Waals surface area contributed by atoms with Crippen LogP contribution < -0.4 is 10.1 Å². The number of unbranched alkanes of at least 4 members (excludes halogenated alkanes) is 1. The number of likely N-dealkylation sites (N-methyl/N-ethyl adjacent to an activating group) is 1. The largest absolute Gasteiger partial charge is 0.493 e. The Morgan fingerprint density at radius 3 is 2.62 bits per heavy atom. The summed E-state index contributed by atoms with van der Waals surface area (Å²) in [5.41, 5.74) is 1.73. The average molecular weight is 293 g/mol. The van der Waals surface area contributed by atoms with Crippen molar-refractivity contribution in [1.82, 2.24) is 5.32 Å². The van der Waals surface area contributed by atoms with Crippen LogP contribution in [0.25, 0.3) is 0 Å². The van der Waals surface area contributed by atoms with Crippen LogP contribution in [0.1, 0.15) is 37.3 Å². The number of carbonyl (C=O) groups excluding carboxylic acids is 1. The van der Waals surface area contributed by atoms with Crippen molar-refractivity contribution < 1.29 is 14.3 Å². The minimum absolute atomic E-state index is 0.222. The smallest absolute Gasteiger partial charge is 0.325 e. The van der Waals surface area contributed by atoms with E-state index in [1.807, 2.05) is 13.8 Å². The summed E-state index contributed by atoms with van der Waals surface area (Å²) in [5, 5.41) is 3.04. The molecular formula is C17H27NO3. The van der Waals surface area contributed by atoms with Crippen LogP contribution in [0.3, 0.4) is 0 Å². The SMILES string of the molecule is CNC(C)(CCCCOc1cc(C)ccc1C)C(=O)OC. The first-order chi connectivity index (χ1) is 9.92. The summed E-state index contributed by atoms with van der Waals surface area (Å²) < 4.78 is 10.6. The van der Waals surface area contributed by atoms with E-state index in [1.54, 1.807) is 7.05 Å². The Bertz CT molecular complexity index is 473. The number of benzene rings is 1. The van der Waals surface area contributed by atoms with Crippen molar-refractivity contribution in [2.75, 3.05) is 20.8 Å². The van der Waals surface area contributed by atoms with E-state index >= 15 is 0 Å². The predicted octanol–water partition coefficient (Wildman–Crippen LogP) is 3.00. The highest BCUT2D eigenvalue weighted by atomic mass is 16.5. The molecule has 0 radical (unpaired) electrons. The quantitative estimate of drug-likeness (QED) is 0.591. The van der Waals surface area contributed by atoms with E-state index in [0.29, 0.717) is 6.61 Å². The van der Waals surface area contributed by atoms with Gasteiger partial charge < -0.3 is 14.8 Å². The second-order valence-electron chi connectivity index (χ2n) is 5.65. The van der Waals surface area contributed by atoms with Crippen molar-refractivity contribution >= 4 is 5.97 Å². The molecule has 0 heterocycles. The van der Waals surface area contributed by atoms with Crippen molar-refractivity contribution in [2.45, 2.75) is 45.6 Å². The van der Waals surface area contributed by atoms with Crippen molar-refractivity contribution in [3.05, 3.63) is 29.3 Å².